The molecule has 0 aromatic heterocycles. The minimum absolute atomic E-state index is 0.155. The zero-order valence-corrected chi connectivity index (χ0v) is 22.5. The average Bonchev–Trinajstić information content (AvgIpc) is 2.88. The molecule has 0 amide bonds. The van der Waals surface area contributed by atoms with E-state index in [1.54, 1.807) is 13.8 Å². The van der Waals surface area contributed by atoms with Crippen molar-refractivity contribution in [3.05, 3.63) is 11.6 Å². The Morgan fingerprint density at radius 1 is 1.00 bits per heavy atom. The number of Topliss-reactive ketones (excluding diaryl/α,β-unsaturated/α-hetero) is 2. The minimum Gasteiger partial charge on any atom is -0.468 e. The first-order chi connectivity index (χ1) is 15.9. The molecule has 0 heterocycles. The summed E-state index contributed by atoms with van der Waals surface area (Å²) in [5.74, 6) is -2.49. The fraction of sp³-hybridized carbons (Fsp3) is 0.786. The second kappa shape index (κ2) is 7.27. The van der Waals surface area contributed by atoms with Gasteiger partial charge in [0.15, 0.2) is 22.6 Å². The summed E-state index contributed by atoms with van der Waals surface area (Å²) >= 11 is 0. The topological polar surface area (TPSA) is 107 Å². The highest BCUT2D eigenvalue weighted by molar-refractivity contribution is 6.30. The van der Waals surface area contributed by atoms with E-state index in [9.17, 15) is 24.3 Å². The molecule has 0 radical (unpaired) electrons. The van der Waals surface area contributed by atoms with E-state index in [2.05, 4.69) is 26.8 Å². The monoisotopic (exact) mass is 488 g/mol. The highest BCUT2D eigenvalue weighted by atomic mass is 16.5. The first-order valence-electron chi connectivity index (χ1n) is 12.7. The van der Waals surface area contributed by atoms with Crippen LogP contribution >= 0.6 is 0 Å². The van der Waals surface area contributed by atoms with Crippen molar-refractivity contribution in [3.63, 3.8) is 0 Å². The van der Waals surface area contributed by atoms with Gasteiger partial charge in [-0.3, -0.25) is 19.2 Å². The molecule has 0 aliphatic heterocycles. The van der Waals surface area contributed by atoms with Crippen molar-refractivity contribution >= 4 is 23.5 Å². The number of ketones is 2. The Labute approximate surface area is 208 Å². The van der Waals surface area contributed by atoms with Gasteiger partial charge in [0.2, 0.25) is 0 Å². The molecule has 7 heteroatoms. The van der Waals surface area contributed by atoms with E-state index in [-0.39, 0.29) is 34.7 Å². The summed E-state index contributed by atoms with van der Waals surface area (Å²) in [6.45, 7) is 14.5. The van der Waals surface area contributed by atoms with Crippen molar-refractivity contribution in [3.8, 4) is 0 Å². The molecule has 3 fully saturated rings. The Kier molecular flexibility index (Phi) is 5.41. The van der Waals surface area contributed by atoms with Gasteiger partial charge in [-0.1, -0.05) is 39.3 Å². The van der Waals surface area contributed by atoms with E-state index < -0.39 is 39.4 Å². The highest BCUT2D eigenvalue weighted by Crippen LogP contribution is 2.76. The third kappa shape index (κ3) is 2.66. The highest BCUT2D eigenvalue weighted by Gasteiger charge is 2.85. The van der Waals surface area contributed by atoms with Crippen LogP contribution in [0.3, 0.4) is 0 Å². The first kappa shape index (κ1) is 26.1. The maximum atomic E-state index is 14.1. The molecule has 4 aliphatic rings. The molecule has 0 aromatic carbocycles. The molecule has 0 unspecified atom stereocenters. The van der Waals surface area contributed by atoms with Crippen molar-refractivity contribution in [1.82, 2.24) is 0 Å². The van der Waals surface area contributed by atoms with Crippen LogP contribution in [0.1, 0.15) is 81.1 Å². The van der Waals surface area contributed by atoms with Crippen LogP contribution in [0, 0.1) is 38.9 Å². The number of hydrogen-bond acceptors (Lipinski definition) is 7. The normalized spacial score (nSPS) is 48.3. The number of fused-ring (bicyclic) bond motifs is 5. The summed E-state index contributed by atoms with van der Waals surface area (Å²) in [5, 5.41) is 11.2. The van der Waals surface area contributed by atoms with Crippen molar-refractivity contribution in [1.29, 1.82) is 0 Å². The lowest BCUT2D eigenvalue weighted by Gasteiger charge is -2.68. The molecular weight excluding hydrogens is 448 g/mol. The Hall–Kier alpha value is -2.02. The molecule has 4 rings (SSSR count). The van der Waals surface area contributed by atoms with Crippen LogP contribution in [0.2, 0.25) is 0 Å². The molecule has 0 saturated heterocycles. The fourth-order valence-corrected chi connectivity index (χ4v) is 9.43. The van der Waals surface area contributed by atoms with Crippen LogP contribution in [0.15, 0.2) is 11.6 Å². The summed E-state index contributed by atoms with van der Waals surface area (Å²) in [4.78, 5) is 53.4. The van der Waals surface area contributed by atoms with E-state index in [1.165, 1.54) is 21.0 Å². The Morgan fingerprint density at radius 2 is 1.60 bits per heavy atom. The SMILES string of the molecule is COC(=O)[C@]12C(=O)[C@](C)(O)C(=O)[C@@]1(C)C(C)=C[C@H]1[C@@]3(C)CC[C@H](OC(C)=O)C(C)(C)[C@@H]3CC[C@@]12C. The number of aliphatic hydroxyl groups is 1. The molecule has 0 bridgehead atoms. The van der Waals surface area contributed by atoms with Crippen LogP contribution in [0.4, 0.5) is 0 Å². The smallest absolute Gasteiger partial charge is 0.321 e. The van der Waals surface area contributed by atoms with E-state index in [1.807, 2.05) is 6.92 Å². The Morgan fingerprint density at radius 3 is 2.14 bits per heavy atom. The van der Waals surface area contributed by atoms with E-state index in [0.717, 1.165) is 6.42 Å². The number of methoxy groups -OCH3 is 1. The minimum atomic E-state index is -2.28. The van der Waals surface area contributed by atoms with Gasteiger partial charge >= 0.3 is 11.9 Å². The first-order valence-corrected chi connectivity index (χ1v) is 12.7. The molecule has 3 saturated carbocycles. The zero-order valence-electron chi connectivity index (χ0n) is 22.5. The number of ether oxygens (including phenoxy) is 2. The maximum absolute atomic E-state index is 14.1. The van der Waals surface area contributed by atoms with Gasteiger partial charge < -0.3 is 14.6 Å². The number of carbonyl (C=O) groups excluding carboxylic acids is 4. The summed E-state index contributed by atoms with van der Waals surface area (Å²) in [6, 6.07) is 0. The van der Waals surface area contributed by atoms with E-state index >= 15 is 0 Å². The van der Waals surface area contributed by atoms with Gasteiger partial charge in [-0.2, -0.15) is 0 Å². The third-order valence-corrected chi connectivity index (χ3v) is 11.1. The van der Waals surface area contributed by atoms with Crippen LogP contribution < -0.4 is 0 Å². The van der Waals surface area contributed by atoms with E-state index in [0.29, 0.717) is 24.8 Å². The van der Waals surface area contributed by atoms with Crippen molar-refractivity contribution in [2.45, 2.75) is 92.8 Å². The lowest BCUT2D eigenvalue weighted by Crippen LogP contribution is -2.70. The summed E-state index contributed by atoms with van der Waals surface area (Å²) in [6.07, 6.45) is 4.49. The Balaban J connectivity index is 1.97. The fourth-order valence-electron chi connectivity index (χ4n) is 9.43. The van der Waals surface area contributed by atoms with Gasteiger partial charge in [0, 0.05) is 12.3 Å². The number of carbonyl (C=O) groups is 4. The number of esters is 2. The third-order valence-electron chi connectivity index (χ3n) is 11.1. The lowest BCUT2D eigenvalue weighted by atomic mass is 9.34. The Bertz CT molecular complexity index is 1050. The van der Waals surface area contributed by atoms with Crippen LogP contribution in [0.25, 0.3) is 0 Å². The molecule has 4 aliphatic carbocycles. The zero-order chi connectivity index (χ0) is 26.6. The van der Waals surface area contributed by atoms with Gasteiger partial charge in [0.1, 0.15) is 6.10 Å². The van der Waals surface area contributed by atoms with Crippen molar-refractivity contribution < 1.29 is 33.8 Å². The lowest BCUT2D eigenvalue weighted by molar-refractivity contribution is -0.219. The molecule has 0 aromatic rings. The predicted molar refractivity (Wildman–Crippen MR) is 128 cm³/mol. The number of rotatable bonds is 2. The molecular formula is C28H40O7. The second-order valence-electron chi connectivity index (χ2n) is 12.9. The summed E-state index contributed by atoms with van der Waals surface area (Å²) < 4.78 is 11.0. The van der Waals surface area contributed by atoms with Gasteiger partial charge in [-0.15, -0.1) is 0 Å². The number of hydrogen-bond donors (Lipinski definition) is 1. The molecule has 35 heavy (non-hydrogen) atoms. The van der Waals surface area contributed by atoms with Crippen molar-refractivity contribution in [2.75, 3.05) is 7.11 Å². The number of allylic oxidation sites excluding steroid dienone is 2. The van der Waals surface area contributed by atoms with Crippen LogP contribution in [-0.2, 0) is 28.7 Å². The van der Waals surface area contributed by atoms with Gasteiger partial charge in [-0.25, -0.2) is 0 Å². The largest absolute Gasteiger partial charge is 0.468 e. The van der Waals surface area contributed by atoms with Gasteiger partial charge in [-0.05, 0) is 69.1 Å². The van der Waals surface area contributed by atoms with Gasteiger partial charge in [0.05, 0.1) is 12.5 Å². The van der Waals surface area contributed by atoms with Gasteiger partial charge in [0.25, 0.3) is 0 Å². The van der Waals surface area contributed by atoms with Crippen LogP contribution in [0.5, 0.6) is 0 Å². The predicted octanol–water partition coefficient (Wildman–Crippen LogP) is 3.81. The standard InChI is InChI=1S/C28H40O7/c1-15-14-18-24(5)12-11-19(35-16(2)29)23(3,4)17(24)10-13-25(18,6)28(22(32)34-9)21(31)27(8,33)20(30)26(15,28)7/h14,17-19,33H,10-13H2,1-9H3/t17-,18-,19-,24-,25-,26+,27+,28-/m0/s1. The molecule has 8 atom stereocenters. The molecule has 1 N–H and O–H groups in total. The molecule has 7 nitrogen and oxygen atoms in total. The van der Waals surface area contributed by atoms with Crippen molar-refractivity contribution in [2.24, 2.45) is 38.9 Å². The van der Waals surface area contributed by atoms with Crippen LogP contribution in [-0.4, -0.2) is 47.4 Å². The summed E-state index contributed by atoms with van der Waals surface area (Å²) in [7, 11) is 1.25. The molecule has 194 valence electrons. The maximum Gasteiger partial charge on any atom is 0.321 e. The quantitative estimate of drug-likeness (QED) is 0.358. The average molecular weight is 489 g/mol. The molecule has 0 spiro atoms. The summed E-state index contributed by atoms with van der Waals surface area (Å²) in [5.41, 5.74) is -6.57. The van der Waals surface area contributed by atoms with E-state index in [4.69, 9.17) is 9.47 Å². The second-order valence-corrected chi connectivity index (χ2v) is 12.9.